The largest absolute Gasteiger partial charge is 0.508 e. The Hall–Kier alpha value is -1.89. The van der Waals surface area contributed by atoms with Gasteiger partial charge in [-0.05, 0) is 56.2 Å². The Morgan fingerprint density at radius 3 is 2.52 bits per heavy atom. The van der Waals surface area contributed by atoms with E-state index in [0.717, 1.165) is 75.6 Å². The summed E-state index contributed by atoms with van der Waals surface area (Å²) in [5.41, 5.74) is 1.22. The number of rotatable bonds is 6. The first-order valence-corrected chi connectivity index (χ1v) is 11.9. The van der Waals surface area contributed by atoms with Crippen LogP contribution in [0.4, 0.5) is 0 Å². The molecule has 1 heterocycles. The Bertz CT molecular complexity index is 666. The molecule has 7 heteroatoms. The summed E-state index contributed by atoms with van der Waals surface area (Å²) in [7, 11) is 1.80. The van der Waals surface area contributed by atoms with Crippen molar-refractivity contribution in [2.24, 2.45) is 10.9 Å². The predicted octanol–water partition coefficient (Wildman–Crippen LogP) is 2.62. The quantitative estimate of drug-likeness (QED) is 0.376. The van der Waals surface area contributed by atoms with Crippen LogP contribution in [-0.4, -0.2) is 66.1 Å². The van der Waals surface area contributed by atoms with Crippen molar-refractivity contribution >= 4 is 23.6 Å². The highest BCUT2D eigenvalue weighted by Gasteiger charge is 2.30. The number of carbonyl (C=O) groups excluding carboxylic acids is 1. The second kappa shape index (κ2) is 11.3. The lowest BCUT2D eigenvalue weighted by Crippen LogP contribution is -2.47. The van der Waals surface area contributed by atoms with Crippen molar-refractivity contribution in [3.8, 4) is 5.75 Å². The lowest BCUT2D eigenvalue weighted by molar-refractivity contribution is -0.136. The predicted molar refractivity (Wildman–Crippen MR) is 121 cm³/mol. The summed E-state index contributed by atoms with van der Waals surface area (Å²) < 4.78 is 0. The van der Waals surface area contributed by atoms with Crippen molar-refractivity contribution in [3.05, 3.63) is 29.8 Å². The van der Waals surface area contributed by atoms with Gasteiger partial charge in [-0.2, -0.15) is 11.8 Å². The highest BCUT2D eigenvalue weighted by Crippen LogP contribution is 2.27. The van der Waals surface area contributed by atoms with E-state index in [0.29, 0.717) is 17.7 Å². The molecule has 0 spiro atoms. The molecule has 0 radical (unpaired) electrons. The maximum Gasteiger partial charge on any atom is 0.225 e. The molecule has 0 unspecified atom stereocenters. The van der Waals surface area contributed by atoms with Crippen LogP contribution in [0, 0.1) is 5.92 Å². The number of guanidine groups is 1. The third-order valence-corrected chi connectivity index (χ3v) is 6.78. The van der Waals surface area contributed by atoms with E-state index >= 15 is 0 Å². The van der Waals surface area contributed by atoms with Gasteiger partial charge in [-0.25, -0.2) is 0 Å². The molecule has 1 aromatic carbocycles. The molecule has 160 valence electrons. The minimum absolute atomic E-state index is 0.205. The van der Waals surface area contributed by atoms with E-state index in [2.05, 4.69) is 20.5 Å². The van der Waals surface area contributed by atoms with Crippen LogP contribution in [0.25, 0.3) is 0 Å². The topological polar surface area (TPSA) is 77.0 Å². The molecule has 1 aromatic rings. The third-order valence-electron chi connectivity index (χ3n) is 5.83. The van der Waals surface area contributed by atoms with E-state index in [9.17, 15) is 9.90 Å². The zero-order valence-electron chi connectivity index (χ0n) is 17.4. The molecule has 0 atom stereocenters. The average molecular weight is 419 g/mol. The van der Waals surface area contributed by atoms with Crippen LogP contribution in [0.5, 0.6) is 5.75 Å². The van der Waals surface area contributed by atoms with E-state index in [1.165, 1.54) is 5.56 Å². The zero-order chi connectivity index (χ0) is 20.5. The Morgan fingerprint density at radius 1 is 1.17 bits per heavy atom. The standard InChI is InChI=1S/C22H34N4O2S/c1-23-22(24-12-2-3-17-4-10-20(27)11-5-17)25-19-8-6-18(7-9-19)21(28)26-13-15-29-16-14-26/h4-5,10-11,18-19,27H,2-3,6-9,12-16H2,1H3,(H2,23,24,25). The molecule has 0 bridgehead atoms. The number of hydrogen-bond acceptors (Lipinski definition) is 4. The van der Waals surface area contributed by atoms with E-state index in [1.54, 1.807) is 19.2 Å². The molecular weight excluding hydrogens is 384 g/mol. The normalized spacial score (nSPS) is 22.9. The van der Waals surface area contributed by atoms with Crippen LogP contribution < -0.4 is 10.6 Å². The number of aliphatic imine (C=N–C) groups is 1. The fourth-order valence-electron chi connectivity index (χ4n) is 4.08. The summed E-state index contributed by atoms with van der Waals surface area (Å²) in [4.78, 5) is 19.1. The van der Waals surface area contributed by atoms with Gasteiger partial charge in [0.1, 0.15) is 5.75 Å². The number of hydrogen-bond donors (Lipinski definition) is 3. The lowest BCUT2D eigenvalue weighted by Gasteiger charge is -2.34. The van der Waals surface area contributed by atoms with E-state index in [-0.39, 0.29) is 5.92 Å². The van der Waals surface area contributed by atoms with Crippen molar-refractivity contribution in [1.82, 2.24) is 15.5 Å². The molecule has 1 saturated carbocycles. The molecule has 1 aliphatic carbocycles. The van der Waals surface area contributed by atoms with Gasteiger partial charge < -0.3 is 20.6 Å². The number of nitrogens with one attached hydrogen (secondary N) is 2. The molecule has 2 aliphatic rings. The number of carbonyl (C=O) groups is 1. The van der Waals surface area contributed by atoms with Gasteiger partial charge in [0, 0.05) is 50.1 Å². The third kappa shape index (κ3) is 6.84. The summed E-state index contributed by atoms with van der Waals surface area (Å²) in [6.45, 7) is 2.69. The van der Waals surface area contributed by atoms with Crippen LogP contribution in [0.2, 0.25) is 0 Å². The van der Waals surface area contributed by atoms with Gasteiger partial charge in [-0.15, -0.1) is 0 Å². The Labute approximate surface area is 178 Å². The first-order chi connectivity index (χ1) is 14.2. The van der Waals surface area contributed by atoms with Gasteiger partial charge in [-0.3, -0.25) is 9.79 Å². The van der Waals surface area contributed by atoms with Crippen LogP contribution in [0.3, 0.4) is 0 Å². The first kappa shape index (κ1) is 21.8. The van der Waals surface area contributed by atoms with Crippen molar-refractivity contribution in [1.29, 1.82) is 0 Å². The van der Waals surface area contributed by atoms with Crippen LogP contribution >= 0.6 is 11.8 Å². The second-order valence-electron chi connectivity index (χ2n) is 7.90. The summed E-state index contributed by atoms with van der Waals surface area (Å²) in [5.74, 6) is 3.90. The van der Waals surface area contributed by atoms with E-state index in [1.807, 2.05) is 23.9 Å². The van der Waals surface area contributed by atoms with E-state index < -0.39 is 0 Å². The van der Waals surface area contributed by atoms with Crippen molar-refractivity contribution < 1.29 is 9.90 Å². The number of thioether (sulfide) groups is 1. The number of amides is 1. The number of aryl methyl sites for hydroxylation is 1. The van der Waals surface area contributed by atoms with Gasteiger partial charge in [0.05, 0.1) is 0 Å². The minimum atomic E-state index is 0.205. The number of phenolic OH excluding ortho intramolecular Hbond substituents is 1. The van der Waals surface area contributed by atoms with Gasteiger partial charge in [0.15, 0.2) is 5.96 Å². The lowest BCUT2D eigenvalue weighted by atomic mass is 9.85. The molecule has 3 rings (SSSR count). The minimum Gasteiger partial charge on any atom is -0.508 e. The molecule has 1 amide bonds. The molecule has 1 saturated heterocycles. The van der Waals surface area contributed by atoms with Crippen molar-refractivity contribution in [2.45, 2.75) is 44.6 Å². The maximum atomic E-state index is 12.7. The van der Waals surface area contributed by atoms with Crippen molar-refractivity contribution in [2.75, 3.05) is 38.2 Å². The smallest absolute Gasteiger partial charge is 0.225 e. The molecule has 3 N–H and O–H groups in total. The average Bonchev–Trinajstić information content (AvgIpc) is 2.77. The second-order valence-corrected chi connectivity index (χ2v) is 9.12. The monoisotopic (exact) mass is 418 g/mol. The molecule has 1 aliphatic heterocycles. The highest BCUT2D eigenvalue weighted by atomic mass is 32.2. The Kier molecular flexibility index (Phi) is 8.52. The van der Waals surface area contributed by atoms with Gasteiger partial charge in [-0.1, -0.05) is 12.1 Å². The Balaban J connectivity index is 1.33. The summed E-state index contributed by atoms with van der Waals surface area (Å²) in [6, 6.07) is 7.78. The fraction of sp³-hybridized carbons (Fsp3) is 0.636. The molecule has 2 fully saturated rings. The van der Waals surface area contributed by atoms with Crippen LogP contribution in [-0.2, 0) is 11.2 Å². The van der Waals surface area contributed by atoms with Gasteiger partial charge >= 0.3 is 0 Å². The SMILES string of the molecule is CN=C(NCCCc1ccc(O)cc1)NC1CCC(C(=O)N2CCSCC2)CC1. The van der Waals surface area contributed by atoms with Gasteiger partial charge in [0.25, 0.3) is 0 Å². The fourth-order valence-corrected chi connectivity index (χ4v) is 4.98. The number of nitrogens with zero attached hydrogens (tertiary/aromatic N) is 2. The first-order valence-electron chi connectivity index (χ1n) is 10.8. The highest BCUT2D eigenvalue weighted by molar-refractivity contribution is 7.99. The van der Waals surface area contributed by atoms with E-state index in [4.69, 9.17) is 0 Å². The van der Waals surface area contributed by atoms with Gasteiger partial charge in [0.2, 0.25) is 5.91 Å². The molecule has 0 aromatic heterocycles. The maximum absolute atomic E-state index is 12.7. The molecule has 6 nitrogen and oxygen atoms in total. The summed E-state index contributed by atoms with van der Waals surface area (Å²) >= 11 is 1.95. The summed E-state index contributed by atoms with van der Waals surface area (Å²) in [6.07, 6.45) is 5.95. The summed E-state index contributed by atoms with van der Waals surface area (Å²) in [5, 5.41) is 16.3. The molecule has 29 heavy (non-hydrogen) atoms. The zero-order valence-corrected chi connectivity index (χ0v) is 18.2. The number of benzene rings is 1. The number of aromatic hydroxyl groups is 1. The van der Waals surface area contributed by atoms with Crippen LogP contribution in [0.15, 0.2) is 29.3 Å². The molecular formula is C22H34N4O2S. The van der Waals surface area contributed by atoms with Crippen LogP contribution in [0.1, 0.15) is 37.7 Å². The Morgan fingerprint density at radius 2 is 1.86 bits per heavy atom. The number of phenols is 1. The van der Waals surface area contributed by atoms with Crippen molar-refractivity contribution in [3.63, 3.8) is 0 Å².